The van der Waals surface area contributed by atoms with Crippen LogP contribution in [-0.2, 0) is 19.2 Å². The fourth-order valence-electron chi connectivity index (χ4n) is 4.75. The molecule has 0 aliphatic heterocycles. The van der Waals surface area contributed by atoms with E-state index in [2.05, 4.69) is 5.32 Å². The highest BCUT2D eigenvalue weighted by atomic mass is 32.2. The molecule has 0 atom stereocenters. The molecule has 2 saturated carbocycles. The van der Waals surface area contributed by atoms with E-state index in [4.69, 9.17) is 5.11 Å². The molecule has 0 radical (unpaired) electrons. The Hall–Kier alpha value is -1.77. The van der Waals surface area contributed by atoms with Gasteiger partial charge in [-0.2, -0.15) is 11.8 Å². The molecule has 3 amide bonds. The van der Waals surface area contributed by atoms with E-state index in [1.165, 1.54) is 16.2 Å². The molecule has 2 N–H and O–H groups in total. The Morgan fingerprint density at radius 2 is 1.52 bits per heavy atom. The van der Waals surface area contributed by atoms with E-state index < -0.39 is 5.97 Å². The van der Waals surface area contributed by atoms with Gasteiger partial charge in [-0.3, -0.25) is 19.2 Å². The molecule has 0 aromatic heterocycles. The molecule has 2 fully saturated rings. The van der Waals surface area contributed by atoms with Gasteiger partial charge in [0.25, 0.3) is 0 Å². The van der Waals surface area contributed by atoms with Crippen molar-refractivity contribution in [1.29, 1.82) is 0 Å². The number of aliphatic carboxylic acids is 1. The van der Waals surface area contributed by atoms with Gasteiger partial charge >= 0.3 is 5.97 Å². The maximum Gasteiger partial charge on any atom is 0.305 e. The Bertz CT molecular complexity index is 648. The first-order valence-electron chi connectivity index (χ1n) is 12.5. The average Bonchev–Trinajstić information content (AvgIpc) is 2.81. The Kier molecular flexibility index (Phi) is 12.6. The molecule has 2 aliphatic rings. The Morgan fingerprint density at radius 1 is 0.879 bits per heavy atom. The predicted octanol–water partition coefficient (Wildman–Crippen LogP) is 2.90. The average molecular weight is 484 g/mol. The summed E-state index contributed by atoms with van der Waals surface area (Å²) in [6, 6.07) is 0.175. The molecule has 0 bridgehead atoms. The molecule has 2 rings (SSSR count). The van der Waals surface area contributed by atoms with Crippen molar-refractivity contribution in [3.63, 3.8) is 0 Å². The minimum absolute atomic E-state index is 0.0172. The van der Waals surface area contributed by atoms with Crippen LogP contribution in [0.4, 0.5) is 0 Å². The van der Waals surface area contributed by atoms with E-state index in [9.17, 15) is 19.2 Å². The summed E-state index contributed by atoms with van der Waals surface area (Å²) in [6.07, 6.45) is 12.6. The number of thioether (sulfide) groups is 1. The number of carboxylic acid groups (broad SMARTS) is 1. The van der Waals surface area contributed by atoms with Gasteiger partial charge in [-0.1, -0.05) is 38.5 Å². The fourth-order valence-corrected chi connectivity index (χ4v) is 5.17. The SMILES string of the molecule is CSCCCN(CC(=O)NC1CCCCC1)C(=O)CN(CCC(=O)O)C(=O)C1CCCCC1. The standard InChI is InChI=1S/C24H41N3O5S/c1-33-16-8-14-26(17-21(28)25-20-11-6-3-7-12-20)22(29)18-27(15-13-23(30)31)24(32)19-9-4-2-5-10-19/h19-20H,2-18H2,1H3,(H,25,28)(H,30,31). The van der Waals surface area contributed by atoms with E-state index in [0.29, 0.717) is 6.54 Å². The second-order valence-corrected chi connectivity index (χ2v) is 10.3. The molecule has 0 saturated heterocycles. The molecule has 9 heteroatoms. The van der Waals surface area contributed by atoms with Gasteiger partial charge in [-0.05, 0) is 44.1 Å². The van der Waals surface area contributed by atoms with Crippen molar-refractivity contribution in [3.05, 3.63) is 0 Å². The molecular weight excluding hydrogens is 442 g/mol. The molecule has 8 nitrogen and oxygen atoms in total. The highest BCUT2D eigenvalue weighted by molar-refractivity contribution is 7.98. The summed E-state index contributed by atoms with van der Waals surface area (Å²) in [5, 5.41) is 12.2. The van der Waals surface area contributed by atoms with Crippen LogP contribution in [0.3, 0.4) is 0 Å². The number of hydrogen-bond acceptors (Lipinski definition) is 5. The summed E-state index contributed by atoms with van der Waals surface area (Å²) >= 11 is 1.68. The van der Waals surface area contributed by atoms with Crippen LogP contribution in [0, 0.1) is 5.92 Å². The van der Waals surface area contributed by atoms with E-state index in [1.807, 2.05) is 6.26 Å². The van der Waals surface area contributed by atoms with Gasteiger partial charge in [0.1, 0.15) is 0 Å². The molecule has 0 unspecified atom stereocenters. The van der Waals surface area contributed by atoms with Crippen LogP contribution in [0.1, 0.15) is 77.0 Å². The van der Waals surface area contributed by atoms with Gasteiger partial charge < -0.3 is 20.2 Å². The third kappa shape index (κ3) is 10.4. The predicted molar refractivity (Wildman–Crippen MR) is 130 cm³/mol. The topological polar surface area (TPSA) is 107 Å². The molecule has 188 valence electrons. The van der Waals surface area contributed by atoms with Crippen molar-refractivity contribution in [3.8, 4) is 0 Å². The normalized spacial score (nSPS) is 17.4. The first kappa shape index (κ1) is 27.5. The zero-order valence-corrected chi connectivity index (χ0v) is 20.9. The summed E-state index contributed by atoms with van der Waals surface area (Å²) in [6.45, 7) is 0.276. The van der Waals surface area contributed by atoms with Crippen LogP contribution in [0.25, 0.3) is 0 Å². The van der Waals surface area contributed by atoms with Crippen LogP contribution in [0.15, 0.2) is 0 Å². The van der Waals surface area contributed by atoms with E-state index in [0.717, 1.165) is 70.0 Å². The smallest absolute Gasteiger partial charge is 0.305 e. The van der Waals surface area contributed by atoms with Gasteiger partial charge in [-0.15, -0.1) is 0 Å². The van der Waals surface area contributed by atoms with Crippen molar-refractivity contribution >= 4 is 35.5 Å². The largest absolute Gasteiger partial charge is 0.481 e. The van der Waals surface area contributed by atoms with Gasteiger partial charge in [0, 0.05) is 25.0 Å². The molecule has 2 aliphatic carbocycles. The number of rotatable bonds is 13. The second kappa shape index (κ2) is 15.2. The van der Waals surface area contributed by atoms with Crippen molar-refractivity contribution < 1.29 is 24.3 Å². The molecular formula is C24H41N3O5S. The first-order valence-corrected chi connectivity index (χ1v) is 13.9. The molecule has 0 heterocycles. The lowest BCUT2D eigenvalue weighted by Crippen LogP contribution is -2.49. The maximum absolute atomic E-state index is 13.2. The summed E-state index contributed by atoms with van der Waals surface area (Å²) in [4.78, 5) is 53.1. The summed E-state index contributed by atoms with van der Waals surface area (Å²) in [7, 11) is 0. The highest BCUT2D eigenvalue weighted by Gasteiger charge is 2.29. The van der Waals surface area contributed by atoms with Crippen LogP contribution in [0.5, 0.6) is 0 Å². The minimum atomic E-state index is -0.993. The second-order valence-electron chi connectivity index (χ2n) is 9.30. The first-order chi connectivity index (χ1) is 15.9. The van der Waals surface area contributed by atoms with Gasteiger partial charge in [0.05, 0.1) is 19.5 Å². The van der Waals surface area contributed by atoms with Crippen molar-refractivity contribution in [2.45, 2.75) is 83.1 Å². The molecule has 0 aromatic carbocycles. The van der Waals surface area contributed by atoms with Crippen molar-refractivity contribution in [2.24, 2.45) is 5.92 Å². The third-order valence-electron chi connectivity index (χ3n) is 6.62. The highest BCUT2D eigenvalue weighted by Crippen LogP contribution is 2.25. The van der Waals surface area contributed by atoms with Crippen LogP contribution >= 0.6 is 11.8 Å². The number of amides is 3. The van der Waals surface area contributed by atoms with Crippen molar-refractivity contribution in [1.82, 2.24) is 15.1 Å². The number of hydrogen-bond donors (Lipinski definition) is 2. The van der Waals surface area contributed by atoms with Crippen LogP contribution in [0.2, 0.25) is 0 Å². The lowest BCUT2D eigenvalue weighted by atomic mass is 9.88. The van der Waals surface area contributed by atoms with E-state index >= 15 is 0 Å². The lowest BCUT2D eigenvalue weighted by molar-refractivity contribution is -0.146. The number of nitrogens with one attached hydrogen (secondary N) is 1. The monoisotopic (exact) mass is 483 g/mol. The van der Waals surface area contributed by atoms with Gasteiger partial charge in [-0.25, -0.2) is 0 Å². The number of carbonyl (C=O) groups is 4. The number of nitrogens with zero attached hydrogens (tertiary/aromatic N) is 2. The lowest BCUT2D eigenvalue weighted by Gasteiger charge is -2.31. The van der Waals surface area contributed by atoms with Crippen LogP contribution in [-0.4, -0.2) is 82.8 Å². The summed E-state index contributed by atoms with van der Waals surface area (Å²) in [5.74, 6) is -0.829. The molecule has 0 spiro atoms. The number of carboxylic acids is 1. The third-order valence-corrected chi connectivity index (χ3v) is 7.32. The minimum Gasteiger partial charge on any atom is -0.481 e. The Labute approximate surface area is 202 Å². The molecule has 33 heavy (non-hydrogen) atoms. The number of carbonyl (C=O) groups excluding carboxylic acids is 3. The Balaban J connectivity index is 2.01. The van der Waals surface area contributed by atoms with Crippen molar-refractivity contribution in [2.75, 3.05) is 38.2 Å². The maximum atomic E-state index is 13.2. The van der Waals surface area contributed by atoms with Gasteiger partial charge in [0.2, 0.25) is 17.7 Å². The quantitative estimate of drug-likeness (QED) is 0.390. The molecule has 0 aromatic rings. The summed E-state index contributed by atoms with van der Waals surface area (Å²) < 4.78 is 0. The van der Waals surface area contributed by atoms with E-state index in [-0.39, 0.29) is 55.7 Å². The zero-order chi connectivity index (χ0) is 24.1. The van der Waals surface area contributed by atoms with Gasteiger partial charge in [0.15, 0.2) is 0 Å². The Morgan fingerprint density at radius 3 is 2.12 bits per heavy atom. The van der Waals surface area contributed by atoms with E-state index in [1.54, 1.807) is 11.8 Å². The van der Waals surface area contributed by atoms with Crippen LogP contribution < -0.4 is 5.32 Å². The summed E-state index contributed by atoms with van der Waals surface area (Å²) in [5.41, 5.74) is 0. The zero-order valence-electron chi connectivity index (χ0n) is 20.1. The fraction of sp³-hybridized carbons (Fsp3) is 0.833.